The van der Waals surface area contributed by atoms with E-state index in [2.05, 4.69) is 25.4 Å². The van der Waals surface area contributed by atoms with Crippen LogP contribution in [-0.2, 0) is 13.1 Å². The number of hydrogen-bond donors (Lipinski definition) is 0. The van der Waals surface area contributed by atoms with Crippen molar-refractivity contribution in [3.8, 4) is 5.69 Å². The fourth-order valence-corrected chi connectivity index (χ4v) is 2.99. The van der Waals surface area contributed by atoms with E-state index in [-0.39, 0.29) is 5.56 Å². The van der Waals surface area contributed by atoms with Crippen molar-refractivity contribution in [1.82, 2.24) is 18.7 Å². The summed E-state index contributed by atoms with van der Waals surface area (Å²) in [6.07, 6.45) is 3.99. The van der Waals surface area contributed by atoms with E-state index < -0.39 is 5.69 Å². The lowest BCUT2D eigenvalue weighted by molar-refractivity contribution is 0.491. The smallest absolute Gasteiger partial charge is 0.321 e. The minimum absolute atomic E-state index is 0.324. The molecular weight excluding hydrogens is 352 g/mol. The third-order valence-corrected chi connectivity index (χ3v) is 4.49. The first-order valence-electron chi connectivity index (χ1n) is 8.51. The SMILES string of the molecule is C=CCn1cnc2c1c(=O)n(CCC(C)C)c(=O)n2-c1ccc(Cl)cc1. The van der Waals surface area contributed by atoms with Crippen LogP contribution in [0, 0.1) is 5.92 Å². The molecule has 0 N–H and O–H groups in total. The van der Waals surface area contributed by atoms with Crippen molar-refractivity contribution in [2.45, 2.75) is 33.4 Å². The predicted octanol–water partition coefficient (Wildman–Crippen LogP) is 3.23. The maximum atomic E-state index is 13.1. The molecule has 0 spiro atoms. The molecule has 2 heterocycles. The summed E-state index contributed by atoms with van der Waals surface area (Å²) in [5.41, 5.74) is 0.629. The minimum atomic E-state index is -0.394. The van der Waals surface area contributed by atoms with Crippen LogP contribution in [0.4, 0.5) is 0 Å². The fraction of sp³-hybridized carbons (Fsp3) is 0.316. The van der Waals surface area contributed by atoms with Crippen molar-refractivity contribution in [1.29, 1.82) is 0 Å². The normalized spacial score (nSPS) is 11.4. The molecule has 136 valence electrons. The topological polar surface area (TPSA) is 61.8 Å². The van der Waals surface area contributed by atoms with Crippen LogP contribution in [0.2, 0.25) is 5.02 Å². The zero-order valence-electron chi connectivity index (χ0n) is 14.9. The highest BCUT2D eigenvalue weighted by molar-refractivity contribution is 6.30. The lowest BCUT2D eigenvalue weighted by Crippen LogP contribution is -2.40. The Bertz CT molecular complexity index is 1060. The Labute approximate surface area is 156 Å². The fourth-order valence-electron chi connectivity index (χ4n) is 2.86. The highest BCUT2D eigenvalue weighted by Crippen LogP contribution is 2.16. The molecule has 3 aromatic rings. The van der Waals surface area contributed by atoms with Gasteiger partial charge in [-0.25, -0.2) is 14.3 Å². The summed E-state index contributed by atoms with van der Waals surface area (Å²) in [6, 6.07) is 6.90. The molecule has 0 saturated heterocycles. The maximum Gasteiger partial charge on any atom is 0.337 e. The molecule has 1 aromatic carbocycles. The molecule has 0 aliphatic carbocycles. The van der Waals surface area contributed by atoms with Crippen molar-refractivity contribution in [3.05, 3.63) is 69.1 Å². The molecule has 0 bridgehead atoms. The molecule has 0 radical (unpaired) electrons. The van der Waals surface area contributed by atoms with Gasteiger partial charge in [0.05, 0.1) is 12.0 Å². The van der Waals surface area contributed by atoms with E-state index >= 15 is 0 Å². The molecule has 2 aromatic heterocycles. The summed E-state index contributed by atoms with van der Waals surface area (Å²) < 4.78 is 4.47. The number of allylic oxidation sites excluding steroid dienone is 1. The van der Waals surface area contributed by atoms with Gasteiger partial charge >= 0.3 is 5.69 Å². The van der Waals surface area contributed by atoms with Gasteiger partial charge in [-0.15, -0.1) is 6.58 Å². The van der Waals surface area contributed by atoms with Crippen molar-refractivity contribution >= 4 is 22.8 Å². The molecule has 0 unspecified atom stereocenters. The van der Waals surface area contributed by atoms with Gasteiger partial charge in [0, 0.05) is 18.1 Å². The number of benzene rings is 1. The van der Waals surface area contributed by atoms with Crippen LogP contribution in [0.15, 0.2) is 52.8 Å². The summed E-state index contributed by atoms with van der Waals surface area (Å²) in [7, 11) is 0. The first-order valence-corrected chi connectivity index (χ1v) is 8.89. The first kappa shape index (κ1) is 18.2. The number of imidazole rings is 1. The van der Waals surface area contributed by atoms with Gasteiger partial charge in [0.15, 0.2) is 11.2 Å². The molecule has 0 aliphatic rings. The van der Waals surface area contributed by atoms with E-state index in [1.807, 2.05) is 0 Å². The van der Waals surface area contributed by atoms with E-state index in [1.165, 1.54) is 9.13 Å². The molecule has 26 heavy (non-hydrogen) atoms. The van der Waals surface area contributed by atoms with Gasteiger partial charge in [-0.05, 0) is 36.6 Å². The highest BCUT2D eigenvalue weighted by atomic mass is 35.5. The van der Waals surface area contributed by atoms with Crippen LogP contribution in [0.25, 0.3) is 16.9 Å². The Morgan fingerprint density at radius 3 is 2.54 bits per heavy atom. The van der Waals surface area contributed by atoms with Gasteiger partial charge in [-0.2, -0.15) is 0 Å². The minimum Gasteiger partial charge on any atom is -0.321 e. The van der Waals surface area contributed by atoms with Crippen LogP contribution in [0.3, 0.4) is 0 Å². The number of fused-ring (bicyclic) bond motifs is 1. The Morgan fingerprint density at radius 2 is 1.92 bits per heavy atom. The second kappa shape index (κ2) is 7.33. The summed E-state index contributed by atoms with van der Waals surface area (Å²) in [5, 5.41) is 0.573. The third kappa shape index (κ3) is 3.24. The van der Waals surface area contributed by atoms with Gasteiger partial charge in [-0.3, -0.25) is 9.36 Å². The number of rotatable bonds is 6. The van der Waals surface area contributed by atoms with Crippen LogP contribution in [0.5, 0.6) is 0 Å². The zero-order valence-corrected chi connectivity index (χ0v) is 15.6. The molecule has 3 rings (SSSR count). The predicted molar refractivity (Wildman–Crippen MR) is 104 cm³/mol. The lowest BCUT2D eigenvalue weighted by atomic mass is 10.1. The second-order valence-electron chi connectivity index (χ2n) is 6.59. The standard InChI is InChI=1S/C19H21ClN4O2/c1-4-10-22-12-21-17-16(22)18(25)23(11-9-13(2)3)19(26)24(17)15-7-5-14(20)6-8-15/h4-8,12-13H,1,9-11H2,2-3H3. The molecule has 7 heteroatoms. The van der Waals surface area contributed by atoms with E-state index in [0.29, 0.717) is 40.9 Å². The summed E-state index contributed by atoms with van der Waals surface area (Å²) in [5.74, 6) is 0.374. The monoisotopic (exact) mass is 372 g/mol. The first-order chi connectivity index (χ1) is 12.4. The largest absolute Gasteiger partial charge is 0.337 e. The number of nitrogens with zero attached hydrogens (tertiary/aromatic N) is 4. The average Bonchev–Trinajstić information content (AvgIpc) is 3.00. The van der Waals surface area contributed by atoms with Gasteiger partial charge in [0.2, 0.25) is 0 Å². The van der Waals surface area contributed by atoms with E-state index in [9.17, 15) is 9.59 Å². The Kier molecular flexibility index (Phi) is 5.13. The van der Waals surface area contributed by atoms with Crippen LogP contribution >= 0.6 is 11.6 Å². The lowest BCUT2D eigenvalue weighted by Gasteiger charge is -2.13. The third-order valence-electron chi connectivity index (χ3n) is 4.24. The van der Waals surface area contributed by atoms with Crippen molar-refractivity contribution in [3.63, 3.8) is 0 Å². The Hall–Kier alpha value is -2.60. The number of aromatic nitrogens is 4. The Morgan fingerprint density at radius 1 is 1.23 bits per heavy atom. The van der Waals surface area contributed by atoms with Gasteiger partial charge in [-0.1, -0.05) is 31.5 Å². The van der Waals surface area contributed by atoms with Gasteiger partial charge in [0.25, 0.3) is 5.56 Å². The van der Waals surface area contributed by atoms with Crippen molar-refractivity contribution in [2.75, 3.05) is 0 Å². The molecule has 0 atom stereocenters. The van der Waals surface area contributed by atoms with Crippen molar-refractivity contribution < 1.29 is 0 Å². The van der Waals surface area contributed by atoms with Crippen molar-refractivity contribution in [2.24, 2.45) is 5.92 Å². The van der Waals surface area contributed by atoms with E-state index in [0.717, 1.165) is 6.42 Å². The van der Waals surface area contributed by atoms with E-state index in [4.69, 9.17) is 11.6 Å². The Balaban J connectivity index is 2.34. The summed E-state index contributed by atoms with van der Waals surface area (Å²) in [4.78, 5) is 30.4. The highest BCUT2D eigenvalue weighted by Gasteiger charge is 2.19. The molecule has 0 amide bonds. The average molecular weight is 373 g/mol. The molecular formula is C19H21ClN4O2. The summed E-state index contributed by atoms with van der Waals surface area (Å²) >= 11 is 5.97. The molecule has 6 nitrogen and oxygen atoms in total. The molecule has 0 fully saturated rings. The van der Waals surface area contributed by atoms with Gasteiger partial charge < -0.3 is 4.57 Å². The number of halogens is 1. The summed E-state index contributed by atoms with van der Waals surface area (Å²) in [6.45, 7) is 8.64. The van der Waals surface area contributed by atoms with Crippen LogP contribution in [0.1, 0.15) is 20.3 Å². The second-order valence-corrected chi connectivity index (χ2v) is 7.03. The quantitative estimate of drug-likeness (QED) is 0.624. The van der Waals surface area contributed by atoms with Gasteiger partial charge in [0.1, 0.15) is 0 Å². The maximum absolute atomic E-state index is 13.1. The number of hydrogen-bond acceptors (Lipinski definition) is 3. The molecule has 0 aliphatic heterocycles. The van der Waals surface area contributed by atoms with Crippen LogP contribution in [-0.4, -0.2) is 18.7 Å². The molecule has 0 saturated carbocycles. The van der Waals surface area contributed by atoms with E-state index in [1.54, 1.807) is 41.2 Å². The zero-order chi connectivity index (χ0) is 18.8. The van der Waals surface area contributed by atoms with Crippen LogP contribution < -0.4 is 11.2 Å².